The summed E-state index contributed by atoms with van der Waals surface area (Å²) in [5.74, 6) is -1.15. The molecule has 2 aromatic rings. The van der Waals surface area contributed by atoms with Crippen molar-refractivity contribution in [3.63, 3.8) is 0 Å². The van der Waals surface area contributed by atoms with Crippen molar-refractivity contribution in [2.75, 3.05) is 6.26 Å². The van der Waals surface area contributed by atoms with E-state index in [9.17, 15) is 28.0 Å². The van der Waals surface area contributed by atoms with Gasteiger partial charge in [0.15, 0.2) is 15.6 Å². The molecule has 5 nitrogen and oxygen atoms in total. The fourth-order valence-electron chi connectivity index (χ4n) is 4.56. The molecule has 0 saturated carbocycles. The molecule has 159 valence electrons. The first kappa shape index (κ1) is 20.2. The third-order valence-electron chi connectivity index (χ3n) is 5.70. The molecule has 0 fully saturated rings. The first-order valence-electron chi connectivity index (χ1n) is 9.03. The van der Waals surface area contributed by atoms with Crippen molar-refractivity contribution in [3.05, 3.63) is 63.5 Å². The second-order valence-corrected chi connectivity index (χ2v) is 9.40. The van der Waals surface area contributed by atoms with Gasteiger partial charge in [-0.3, -0.25) is 4.79 Å². The molecule has 0 heterocycles. The maximum Gasteiger partial charge on any atom is 0.175 e. The van der Waals surface area contributed by atoms with Crippen LogP contribution in [-0.2, 0) is 16.3 Å². The van der Waals surface area contributed by atoms with E-state index in [0.717, 1.165) is 23.4 Å². The second-order valence-electron chi connectivity index (χ2n) is 7.41. The van der Waals surface area contributed by atoms with Crippen molar-refractivity contribution in [3.8, 4) is 6.07 Å². The quantitative estimate of drug-likeness (QED) is 0.534. The zero-order valence-electron chi connectivity index (χ0n) is 15.5. The molecule has 0 aliphatic heterocycles. The first-order valence-corrected chi connectivity index (χ1v) is 10.9. The second kappa shape index (κ2) is 6.80. The molecule has 2 aromatic carbocycles. The number of Topliss-reactive ketones (excluding diaryl/α,β-unsaturated/α-hetero) is 1. The van der Waals surface area contributed by atoms with Crippen LogP contribution in [0.15, 0.2) is 29.2 Å². The van der Waals surface area contributed by atoms with Gasteiger partial charge < -0.3 is 5.11 Å². The fraction of sp³-hybridized carbons (Fsp3) is 0.333. The minimum absolute atomic E-state index is 0. The number of nitrogens with zero attached hydrogens (tertiary/aromatic N) is 1. The fourth-order valence-corrected chi connectivity index (χ4v) is 5.54. The molecule has 1 N–H and O–H groups in total. The summed E-state index contributed by atoms with van der Waals surface area (Å²) in [5, 5.41) is 19.9. The van der Waals surface area contributed by atoms with E-state index in [4.69, 9.17) is 0 Å². The van der Waals surface area contributed by atoms with Crippen molar-refractivity contribution in [2.24, 2.45) is 0 Å². The molecule has 4 rings (SSSR count). The maximum absolute atomic E-state index is 13.9. The van der Waals surface area contributed by atoms with Crippen LogP contribution in [0.25, 0.3) is 0 Å². The zero-order valence-corrected chi connectivity index (χ0v) is 18.4. The Bertz CT molecular complexity index is 1170. The largest absolute Gasteiger partial charge is 0.388 e. The Balaban J connectivity index is 0.00000240. The van der Waals surface area contributed by atoms with E-state index >= 15 is 0 Å². The molecule has 1 radical (unpaired) electrons. The molecule has 2 aliphatic rings. The molecule has 0 saturated heterocycles. The number of hydrogen-bond donors (Lipinski definition) is 1. The number of aliphatic hydroxyl groups excluding tert-OH is 1. The summed E-state index contributed by atoms with van der Waals surface area (Å²) in [6.45, 7) is 0. The summed E-state index contributed by atoms with van der Waals surface area (Å²) in [7, 11) is -3.51. The summed E-state index contributed by atoms with van der Waals surface area (Å²) in [4.78, 5) is 12.5. The van der Waals surface area contributed by atoms with Gasteiger partial charge in [-0.25, -0.2) is 12.8 Å². The molecule has 1 unspecified atom stereocenters. The first-order chi connectivity index (χ1) is 13.2. The Hall–Kier alpha value is -3.56. The van der Waals surface area contributed by atoms with Gasteiger partial charge in [0.05, 0.1) is 22.6 Å². The van der Waals surface area contributed by atoms with E-state index in [1.807, 2.05) is 6.07 Å². The van der Waals surface area contributed by atoms with E-state index in [1.165, 1.54) is 12.1 Å². The summed E-state index contributed by atoms with van der Waals surface area (Å²) in [6.07, 6.45) is 1.84. The summed E-state index contributed by atoms with van der Waals surface area (Å²) in [6, 6.07) is 7.49. The van der Waals surface area contributed by atoms with Gasteiger partial charge in [0.1, 0.15) is 5.82 Å². The number of sulfone groups is 1. The number of fused-ring (bicyclic) bond motifs is 2. The molecular formula is C21H18FLrNO4S. The van der Waals surface area contributed by atoms with Crippen molar-refractivity contribution in [2.45, 2.75) is 42.6 Å². The average molecular weight is 661 g/mol. The number of halogens is 1. The Morgan fingerprint density at radius 3 is 2.55 bits per heavy atom. The molecule has 0 bridgehead atoms. The van der Waals surface area contributed by atoms with E-state index in [1.54, 1.807) is 6.07 Å². The molecule has 2 atom stereocenters. The molecule has 29 heavy (non-hydrogen) atoms. The minimum atomic E-state index is -3.51. The molecule has 0 spiro atoms. The summed E-state index contributed by atoms with van der Waals surface area (Å²) >= 11 is 0. The van der Waals surface area contributed by atoms with Crippen LogP contribution in [0.3, 0.4) is 0 Å². The smallest absolute Gasteiger partial charge is 0.175 e. The van der Waals surface area contributed by atoms with Gasteiger partial charge in [-0.2, -0.15) is 5.26 Å². The Kier molecular flexibility index (Phi) is 4.73. The van der Waals surface area contributed by atoms with Gasteiger partial charge in [0.2, 0.25) is 0 Å². The summed E-state index contributed by atoms with van der Waals surface area (Å²) < 4.78 is 38.2. The van der Waals surface area contributed by atoms with Crippen LogP contribution < -0.4 is 0 Å². The minimum Gasteiger partial charge on any atom is -0.388 e. The Morgan fingerprint density at radius 1 is 1.17 bits per heavy atom. The Morgan fingerprint density at radius 2 is 1.90 bits per heavy atom. The van der Waals surface area contributed by atoms with E-state index < -0.39 is 21.8 Å². The van der Waals surface area contributed by atoms with Gasteiger partial charge in [-0.05, 0) is 54.2 Å². The van der Waals surface area contributed by atoms with Crippen LogP contribution in [0.1, 0.15) is 69.5 Å². The molecule has 8 heteroatoms. The number of carbonyl (C=O) groups is 1. The van der Waals surface area contributed by atoms with Crippen molar-refractivity contribution in [1.82, 2.24) is 0 Å². The van der Waals surface area contributed by atoms with Gasteiger partial charge in [0.25, 0.3) is 0 Å². The normalized spacial score (nSPS) is 20.4. The monoisotopic (exact) mass is 661 g/mol. The van der Waals surface area contributed by atoms with Gasteiger partial charge in [-0.1, -0.05) is 6.07 Å². The predicted molar refractivity (Wildman–Crippen MR) is 99.4 cm³/mol. The van der Waals surface area contributed by atoms with Crippen LogP contribution in [0.2, 0.25) is 0 Å². The van der Waals surface area contributed by atoms with Gasteiger partial charge >= 0.3 is 0 Å². The standard InChI is InChI=1S/C21H18FNO4S.Lr/c1-28(26,27)19-7-4-13(15-3-6-18(25)21(15)19)14-2-5-17(24)16-9-12(22)8-11(10-23)20(14)16;/h4,7-9,14,18,25H,2-3,5-6H2,1H3;/t14-,18?;/m1./s1. The van der Waals surface area contributed by atoms with Crippen LogP contribution in [0, 0.1) is 17.1 Å². The van der Waals surface area contributed by atoms with Crippen LogP contribution in [0.4, 0.5) is 4.39 Å². The van der Waals surface area contributed by atoms with Crippen molar-refractivity contribution < 1.29 is 22.7 Å². The number of rotatable bonds is 2. The number of nitriles is 1. The predicted octanol–water partition coefficient (Wildman–Crippen LogP) is 3.19. The molecular weight excluding hydrogens is 643 g/mol. The number of aliphatic hydroxyl groups is 1. The van der Waals surface area contributed by atoms with Gasteiger partial charge in [0, 0.05) is 29.7 Å². The molecule has 0 amide bonds. The maximum atomic E-state index is 13.9. The molecule has 2 aliphatic carbocycles. The SMILES string of the molecule is CS(=O)(=O)c1ccc([C@H]2CCC(=O)c3cc(F)cc(C#N)c32)c2c1C(O)CC2.[Lr]. The average Bonchev–Trinajstić information content (AvgIpc) is 3.02. The van der Waals surface area contributed by atoms with Crippen LogP contribution >= 0.6 is 0 Å². The number of carbonyl (C=O) groups excluding carboxylic acids is 1. The van der Waals surface area contributed by atoms with E-state index in [0.29, 0.717) is 30.4 Å². The van der Waals surface area contributed by atoms with Crippen molar-refractivity contribution in [1.29, 1.82) is 5.26 Å². The third-order valence-corrected chi connectivity index (χ3v) is 6.86. The van der Waals surface area contributed by atoms with Crippen LogP contribution in [0.5, 0.6) is 0 Å². The summed E-state index contributed by atoms with van der Waals surface area (Å²) in [5.41, 5.74) is 2.81. The van der Waals surface area contributed by atoms with E-state index in [2.05, 4.69) is 0 Å². The van der Waals surface area contributed by atoms with Gasteiger partial charge in [-0.15, -0.1) is 0 Å². The zero-order chi connectivity index (χ0) is 20.2. The number of hydrogen-bond acceptors (Lipinski definition) is 5. The third kappa shape index (κ3) is 3.06. The van der Waals surface area contributed by atoms with E-state index in [-0.39, 0.29) is 34.1 Å². The Labute approximate surface area is 162 Å². The topological polar surface area (TPSA) is 95.2 Å². The van der Waals surface area contributed by atoms with Crippen molar-refractivity contribution >= 4 is 15.6 Å². The molecule has 0 aromatic heterocycles. The van der Waals surface area contributed by atoms with Crippen LogP contribution in [-0.4, -0.2) is 25.6 Å². The number of benzene rings is 2. The number of ketones is 1.